The SMILES string of the molecule is Cc1cccc(C)c1C(=O)Cc1cccc(C(F)(F)F)c1. The zero-order valence-corrected chi connectivity index (χ0v) is 11.8. The lowest BCUT2D eigenvalue weighted by molar-refractivity contribution is -0.137. The van der Waals surface area contributed by atoms with Gasteiger partial charge < -0.3 is 0 Å². The Balaban J connectivity index is 2.28. The number of ketones is 1. The molecule has 0 saturated carbocycles. The van der Waals surface area contributed by atoms with Crippen LogP contribution in [0.25, 0.3) is 0 Å². The second-order valence-corrected chi connectivity index (χ2v) is 5.06. The standard InChI is InChI=1S/C17H15F3O/c1-11-5-3-6-12(2)16(11)15(21)10-13-7-4-8-14(9-13)17(18,19)20/h3-9H,10H2,1-2H3. The van der Waals surface area contributed by atoms with Crippen molar-refractivity contribution in [1.82, 2.24) is 0 Å². The fourth-order valence-corrected chi connectivity index (χ4v) is 2.39. The average molecular weight is 292 g/mol. The van der Waals surface area contributed by atoms with E-state index in [0.29, 0.717) is 11.1 Å². The Labute approximate surface area is 121 Å². The van der Waals surface area contributed by atoms with E-state index in [1.807, 2.05) is 32.0 Å². The highest BCUT2D eigenvalue weighted by Crippen LogP contribution is 2.30. The lowest BCUT2D eigenvalue weighted by Gasteiger charge is -2.10. The molecule has 4 heteroatoms. The van der Waals surface area contributed by atoms with Crippen molar-refractivity contribution >= 4 is 5.78 Å². The van der Waals surface area contributed by atoms with E-state index in [1.165, 1.54) is 6.07 Å². The van der Waals surface area contributed by atoms with Crippen LogP contribution < -0.4 is 0 Å². The third kappa shape index (κ3) is 3.51. The van der Waals surface area contributed by atoms with E-state index in [9.17, 15) is 18.0 Å². The highest BCUT2D eigenvalue weighted by molar-refractivity contribution is 6.00. The van der Waals surface area contributed by atoms with E-state index in [4.69, 9.17) is 0 Å². The number of aryl methyl sites for hydroxylation is 2. The predicted octanol–water partition coefficient (Wildman–Crippen LogP) is 4.75. The molecule has 1 nitrogen and oxygen atoms in total. The van der Waals surface area contributed by atoms with Crippen LogP contribution in [0.4, 0.5) is 13.2 Å². The molecule has 2 rings (SSSR count). The number of hydrogen-bond donors (Lipinski definition) is 0. The molecule has 0 spiro atoms. The Morgan fingerprint density at radius 1 is 1.00 bits per heavy atom. The van der Waals surface area contributed by atoms with Crippen LogP contribution in [0, 0.1) is 13.8 Å². The summed E-state index contributed by atoms with van der Waals surface area (Å²) < 4.78 is 38.0. The number of alkyl halides is 3. The van der Waals surface area contributed by atoms with Crippen LogP contribution in [0.1, 0.15) is 32.6 Å². The van der Waals surface area contributed by atoms with Gasteiger partial charge in [-0.3, -0.25) is 4.79 Å². The van der Waals surface area contributed by atoms with Crippen LogP contribution in [-0.2, 0) is 12.6 Å². The van der Waals surface area contributed by atoms with Gasteiger partial charge in [0.1, 0.15) is 0 Å². The van der Waals surface area contributed by atoms with Crippen LogP contribution in [0.2, 0.25) is 0 Å². The van der Waals surface area contributed by atoms with Crippen molar-refractivity contribution in [2.24, 2.45) is 0 Å². The maximum atomic E-state index is 12.7. The first-order valence-electron chi connectivity index (χ1n) is 6.54. The van der Waals surface area contributed by atoms with Crippen molar-refractivity contribution in [3.63, 3.8) is 0 Å². The zero-order chi connectivity index (χ0) is 15.6. The summed E-state index contributed by atoms with van der Waals surface area (Å²) in [5.41, 5.74) is 1.92. The van der Waals surface area contributed by atoms with Crippen molar-refractivity contribution in [2.45, 2.75) is 26.4 Å². The Bertz CT molecular complexity index is 652. The smallest absolute Gasteiger partial charge is 0.294 e. The molecule has 0 aliphatic heterocycles. The molecule has 0 aliphatic rings. The number of rotatable bonds is 3. The highest BCUT2D eigenvalue weighted by Gasteiger charge is 2.30. The van der Waals surface area contributed by atoms with Crippen LogP contribution in [0.3, 0.4) is 0 Å². The van der Waals surface area contributed by atoms with Crippen molar-refractivity contribution in [2.75, 3.05) is 0 Å². The summed E-state index contributed by atoms with van der Waals surface area (Å²) in [6.07, 6.45) is -4.42. The molecule has 110 valence electrons. The molecule has 0 unspecified atom stereocenters. The summed E-state index contributed by atoms with van der Waals surface area (Å²) >= 11 is 0. The van der Waals surface area contributed by atoms with Gasteiger partial charge >= 0.3 is 6.18 Å². The Kier molecular flexibility index (Phi) is 4.16. The van der Waals surface area contributed by atoms with Gasteiger partial charge in [0.15, 0.2) is 5.78 Å². The predicted molar refractivity (Wildman–Crippen MR) is 75.4 cm³/mol. The van der Waals surface area contributed by atoms with Gasteiger partial charge in [-0.25, -0.2) is 0 Å². The Morgan fingerprint density at radius 2 is 1.57 bits per heavy atom. The van der Waals surface area contributed by atoms with E-state index < -0.39 is 11.7 Å². The number of hydrogen-bond acceptors (Lipinski definition) is 1. The summed E-state index contributed by atoms with van der Waals surface area (Å²) in [5.74, 6) is -0.162. The van der Waals surface area contributed by atoms with E-state index in [-0.39, 0.29) is 12.2 Å². The van der Waals surface area contributed by atoms with Gasteiger partial charge in [0.05, 0.1) is 5.56 Å². The summed E-state index contributed by atoms with van der Waals surface area (Å²) in [6, 6.07) is 10.4. The number of halogens is 3. The Morgan fingerprint density at radius 3 is 2.14 bits per heavy atom. The third-order valence-corrected chi connectivity index (χ3v) is 3.38. The van der Waals surface area contributed by atoms with Gasteiger partial charge in [0.25, 0.3) is 0 Å². The van der Waals surface area contributed by atoms with Gasteiger partial charge in [0.2, 0.25) is 0 Å². The second-order valence-electron chi connectivity index (χ2n) is 5.06. The molecule has 0 radical (unpaired) electrons. The van der Waals surface area contributed by atoms with Gasteiger partial charge in [-0.15, -0.1) is 0 Å². The number of benzene rings is 2. The second kappa shape index (κ2) is 5.72. The molecule has 0 heterocycles. The fraction of sp³-hybridized carbons (Fsp3) is 0.235. The van der Waals surface area contributed by atoms with Crippen molar-refractivity contribution in [3.8, 4) is 0 Å². The fourth-order valence-electron chi connectivity index (χ4n) is 2.39. The van der Waals surface area contributed by atoms with Crippen LogP contribution in [-0.4, -0.2) is 5.78 Å². The summed E-state index contributed by atoms with van der Waals surface area (Å²) in [6.45, 7) is 3.65. The minimum atomic E-state index is -4.39. The van der Waals surface area contributed by atoms with Crippen molar-refractivity contribution in [3.05, 3.63) is 70.3 Å². The molecular formula is C17H15F3O. The number of carbonyl (C=O) groups is 1. The molecule has 0 fully saturated rings. The van der Waals surface area contributed by atoms with Gasteiger partial charge in [-0.05, 0) is 36.6 Å². The molecular weight excluding hydrogens is 277 g/mol. The minimum Gasteiger partial charge on any atom is -0.294 e. The van der Waals surface area contributed by atoms with Gasteiger partial charge in [-0.1, -0.05) is 36.4 Å². The molecule has 2 aromatic rings. The molecule has 2 aromatic carbocycles. The first kappa shape index (κ1) is 15.3. The summed E-state index contributed by atoms with van der Waals surface area (Å²) in [7, 11) is 0. The molecule has 0 bridgehead atoms. The minimum absolute atomic E-state index is 0.0321. The molecule has 0 N–H and O–H groups in total. The first-order valence-corrected chi connectivity index (χ1v) is 6.54. The maximum absolute atomic E-state index is 12.7. The average Bonchev–Trinajstić information content (AvgIpc) is 2.37. The van der Waals surface area contributed by atoms with Gasteiger partial charge in [0, 0.05) is 12.0 Å². The highest BCUT2D eigenvalue weighted by atomic mass is 19.4. The number of carbonyl (C=O) groups excluding carboxylic acids is 1. The molecule has 0 saturated heterocycles. The zero-order valence-electron chi connectivity index (χ0n) is 11.8. The van der Waals surface area contributed by atoms with E-state index in [1.54, 1.807) is 6.07 Å². The third-order valence-electron chi connectivity index (χ3n) is 3.38. The van der Waals surface area contributed by atoms with Gasteiger partial charge in [-0.2, -0.15) is 13.2 Å². The molecule has 0 aliphatic carbocycles. The normalized spacial score (nSPS) is 11.5. The lowest BCUT2D eigenvalue weighted by Crippen LogP contribution is -2.10. The molecule has 21 heavy (non-hydrogen) atoms. The topological polar surface area (TPSA) is 17.1 Å². The maximum Gasteiger partial charge on any atom is 0.416 e. The lowest BCUT2D eigenvalue weighted by atomic mass is 9.95. The Hall–Kier alpha value is -2.10. The largest absolute Gasteiger partial charge is 0.416 e. The van der Waals surface area contributed by atoms with Crippen LogP contribution in [0.15, 0.2) is 42.5 Å². The van der Waals surface area contributed by atoms with E-state index in [0.717, 1.165) is 23.3 Å². The van der Waals surface area contributed by atoms with Crippen LogP contribution in [0.5, 0.6) is 0 Å². The van der Waals surface area contributed by atoms with Crippen molar-refractivity contribution in [1.29, 1.82) is 0 Å². The van der Waals surface area contributed by atoms with Crippen LogP contribution >= 0.6 is 0 Å². The molecule has 0 atom stereocenters. The first-order chi connectivity index (χ1) is 9.79. The van der Waals surface area contributed by atoms with E-state index >= 15 is 0 Å². The monoisotopic (exact) mass is 292 g/mol. The quantitative estimate of drug-likeness (QED) is 0.746. The van der Waals surface area contributed by atoms with E-state index in [2.05, 4.69) is 0 Å². The molecule has 0 aromatic heterocycles. The summed E-state index contributed by atoms with van der Waals surface area (Å²) in [4.78, 5) is 12.3. The van der Waals surface area contributed by atoms with Crippen molar-refractivity contribution < 1.29 is 18.0 Å². The number of Topliss-reactive ketones (excluding diaryl/α,β-unsaturated/α-hetero) is 1. The summed E-state index contributed by atoms with van der Waals surface area (Å²) in [5, 5.41) is 0. The molecule has 0 amide bonds.